The largest absolute Gasteiger partial charge is 0.343 e. The zero-order valence-corrected chi connectivity index (χ0v) is 23.6. The van der Waals surface area contributed by atoms with E-state index in [0.29, 0.717) is 6.04 Å². The molecule has 6 heterocycles. The zero-order chi connectivity index (χ0) is 28.4. The number of amides is 2. The summed E-state index contributed by atoms with van der Waals surface area (Å²) in [4.78, 5) is 52.9. The highest BCUT2D eigenvalue weighted by Crippen LogP contribution is 2.47. The Morgan fingerprint density at radius 3 is 2.02 bits per heavy atom. The minimum Gasteiger partial charge on any atom is -0.343 e. The van der Waals surface area contributed by atoms with Gasteiger partial charge in [-0.2, -0.15) is 0 Å². The fraction of sp³-hybridized carbons (Fsp3) is 0.367. The van der Waals surface area contributed by atoms with Crippen LogP contribution in [0.25, 0.3) is 22.6 Å². The van der Waals surface area contributed by atoms with Gasteiger partial charge in [-0.15, -0.1) is 0 Å². The van der Waals surface area contributed by atoms with Crippen molar-refractivity contribution in [1.82, 2.24) is 29.9 Å². The second-order valence-corrected chi connectivity index (χ2v) is 11.7. The Bertz CT molecular complexity index is 1620. The number of nitrogens with zero attached hydrogens (tertiary/aromatic N) is 7. The van der Waals surface area contributed by atoms with Crippen LogP contribution in [0.3, 0.4) is 0 Å². The van der Waals surface area contributed by atoms with E-state index < -0.39 is 10.8 Å². The number of pyridine rings is 2. The summed E-state index contributed by atoms with van der Waals surface area (Å²) in [6.45, 7) is 9.65. The van der Waals surface area contributed by atoms with Gasteiger partial charge in [-0.05, 0) is 59.6 Å². The third-order valence-corrected chi connectivity index (χ3v) is 8.09. The van der Waals surface area contributed by atoms with Crippen LogP contribution in [0.1, 0.15) is 57.5 Å². The highest BCUT2D eigenvalue weighted by atomic mass is 16.2. The standard InChI is InChI=1S/2C15H16N4O/c1-15(2)10-6-17-11(12-7-16-8-18-12)5-13(10)19(14(15)20)9-3-4-9;1-9-16-6-10(7-17-9)12-5-13-11(8-18-12)15(2,3)14(20)19(13)4/h5-9H,3-4H2,1-2H3,(H,16,18);5-8H,1-4H3. The molecule has 0 unspecified atom stereocenters. The van der Waals surface area contributed by atoms with E-state index in [-0.39, 0.29) is 11.8 Å². The van der Waals surface area contributed by atoms with Crippen molar-refractivity contribution < 1.29 is 9.59 Å². The van der Waals surface area contributed by atoms with E-state index in [4.69, 9.17) is 0 Å². The van der Waals surface area contributed by atoms with Gasteiger partial charge in [-0.1, -0.05) is 0 Å². The van der Waals surface area contributed by atoms with Crippen molar-refractivity contribution >= 4 is 23.2 Å². The Balaban J connectivity index is 0.000000145. The second-order valence-electron chi connectivity index (χ2n) is 11.7. The Morgan fingerprint density at radius 1 is 0.800 bits per heavy atom. The van der Waals surface area contributed by atoms with Crippen molar-refractivity contribution in [3.8, 4) is 22.6 Å². The molecule has 0 bridgehead atoms. The number of imidazole rings is 1. The first-order valence-electron chi connectivity index (χ1n) is 13.4. The highest BCUT2D eigenvalue weighted by molar-refractivity contribution is 6.09. The molecule has 10 heteroatoms. The van der Waals surface area contributed by atoms with Crippen LogP contribution in [0, 0.1) is 6.92 Å². The molecule has 40 heavy (non-hydrogen) atoms. The van der Waals surface area contributed by atoms with Crippen LogP contribution in [0.5, 0.6) is 0 Å². The topological polar surface area (TPSA) is 121 Å². The molecular weight excluding hydrogens is 504 g/mol. The van der Waals surface area contributed by atoms with E-state index >= 15 is 0 Å². The van der Waals surface area contributed by atoms with E-state index in [1.807, 2.05) is 57.8 Å². The lowest BCUT2D eigenvalue weighted by molar-refractivity contribution is -0.122. The predicted octanol–water partition coefficient (Wildman–Crippen LogP) is 4.36. The molecule has 204 valence electrons. The quantitative estimate of drug-likeness (QED) is 0.413. The van der Waals surface area contributed by atoms with Gasteiger partial charge < -0.3 is 14.8 Å². The summed E-state index contributed by atoms with van der Waals surface area (Å²) in [5.41, 5.74) is 6.26. The molecule has 1 saturated carbocycles. The van der Waals surface area contributed by atoms with E-state index in [1.165, 1.54) is 0 Å². The number of hydrogen-bond acceptors (Lipinski definition) is 7. The smallest absolute Gasteiger partial charge is 0.237 e. The van der Waals surface area contributed by atoms with Crippen LogP contribution < -0.4 is 9.80 Å². The molecule has 1 aliphatic carbocycles. The van der Waals surface area contributed by atoms with E-state index in [2.05, 4.69) is 29.9 Å². The lowest BCUT2D eigenvalue weighted by atomic mass is 9.87. The Kier molecular flexibility index (Phi) is 5.83. The summed E-state index contributed by atoms with van der Waals surface area (Å²) < 4.78 is 0. The summed E-state index contributed by atoms with van der Waals surface area (Å²) in [6.07, 6.45) is 12.7. The maximum atomic E-state index is 12.6. The van der Waals surface area contributed by atoms with Gasteiger partial charge in [0.15, 0.2) is 0 Å². The number of aromatic nitrogens is 6. The molecule has 3 aliphatic rings. The summed E-state index contributed by atoms with van der Waals surface area (Å²) in [6, 6.07) is 4.31. The first kappa shape index (κ1) is 25.8. The summed E-state index contributed by atoms with van der Waals surface area (Å²) in [5, 5.41) is 0. The number of hydrogen-bond donors (Lipinski definition) is 1. The summed E-state index contributed by atoms with van der Waals surface area (Å²) >= 11 is 0. The van der Waals surface area contributed by atoms with Crippen LogP contribution in [-0.4, -0.2) is 54.8 Å². The molecule has 2 aliphatic heterocycles. The molecule has 10 nitrogen and oxygen atoms in total. The molecule has 2 amide bonds. The van der Waals surface area contributed by atoms with Crippen molar-refractivity contribution in [3.63, 3.8) is 0 Å². The zero-order valence-electron chi connectivity index (χ0n) is 23.6. The van der Waals surface area contributed by atoms with Gasteiger partial charge in [0, 0.05) is 54.6 Å². The molecular formula is C30H32N8O2. The summed E-state index contributed by atoms with van der Waals surface area (Å²) in [7, 11) is 1.80. The molecule has 0 radical (unpaired) electrons. The third kappa shape index (κ3) is 4.06. The maximum absolute atomic E-state index is 12.6. The first-order valence-corrected chi connectivity index (χ1v) is 13.4. The number of H-pyrrole nitrogens is 1. The average Bonchev–Trinajstić information content (AvgIpc) is 3.52. The van der Waals surface area contributed by atoms with Gasteiger partial charge in [0.2, 0.25) is 11.8 Å². The van der Waals surface area contributed by atoms with Gasteiger partial charge in [0.05, 0.1) is 51.8 Å². The van der Waals surface area contributed by atoms with E-state index in [1.54, 1.807) is 43.1 Å². The van der Waals surface area contributed by atoms with Crippen LogP contribution in [0.2, 0.25) is 0 Å². The Hall–Kier alpha value is -4.47. The van der Waals surface area contributed by atoms with Crippen molar-refractivity contribution in [2.45, 2.75) is 64.3 Å². The molecule has 0 spiro atoms. The van der Waals surface area contributed by atoms with Gasteiger partial charge in [-0.3, -0.25) is 19.6 Å². The lowest BCUT2D eigenvalue weighted by Gasteiger charge is -2.19. The third-order valence-electron chi connectivity index (χ3n) is 8.09. The van der Waals surface area contributed by atoms with Crippen LogP contribution >= 0.6 is 0 Å². The normalized spacial score (nSPS) is 18.4. The molecule has 1 N–H and O–H groups in total. The number of carbonyl (C=O) groups is 2. The number of anilines is 2. The number of aromatic amines is 1. The highest BCUT2D eigenvalue weighted by Gasteiger charge is 2.49. The number of fused-ring (bicyclic) bond motifs is 2. The number of aryl methyl sites for hydroxylation is 1. The van der Waals surface area contributed by atoms with Crippen LogP contribution in [0.15, 0.2) is 49.4 Å². The molecule has 1 fully saturated rings. The fourth-order valence-corrected chi connectivity index (χ4v) is 5.42. The van der Waals surface area contributed by atoms with Gasteiger partial charge in [-0.25, -0.2) is 15.0 Å². The number of nitrogens with one attached hydrogen (secondary N) is 1. The van der Waals surface area contributed by atoms with E-state index in [0.717, 1.165) is 63.8 Å². The Labute approximate surface area is 232 Å². The maximum Gasteiger partial charge on any atom is 0.237 e. The van der Waals surface area contributed by atoms with Crippen molar-refractivity contribution in [2.24, 2.45) is 0 Å². The molecule has 0 aromatic carbocycles. The Morgan fingerprint density at radius 2 is 1.40 bits per heavy atom. The minimum absolute atomic E-state index is 0.0895. The molecule has 0 atom stereocenters. The van der Waals surface area contributed by atoms with E-state index in [9.17, 15) is 9.59 Å². The monoisotopic (exact) mass is 536 g/mol. The van der Waals surface area contributed by atoms with Crippen molar-refractivity contribution in [2.75, 3.05) is 16.8 Å². The minimum atomic E-state index is -0.514. The first-order chi connectivity index (χ1) is 19.0. The number of carbonyl (C=O) groups excluding carboxylic acids is 2. The van der Waals surface area contributed by atoms with Crippen molar-refractivity contribution in [1.29, 1.82) is 0 Å². The van der Waals surface area contributed by atoms with Gasteiger partial charge in [0.25, 0.3) is 0 Å². The SMILES string of the molecule is CC1(C)C(=O)N(C2CC2)c2cc(-c3cnc[nH]3)ncc21.Cc1ncc(-c2cc3c(cn2)C(C)(C)C(=O)N3C)cn1. The predicted molar refractivity (Wildman–Crippen MR) is 152 cm³/mol. The molecule has 7 rings (SSSR count). The van der Waals surface area contributed by atoms with Gasteiger partial charge >= 0.3 is 0 Å². The molecule has 0 saturated heterocycles. The van der Waals surface area contributed by atoms with Crippen molar-refractivity contribution in [3.05, 3.63) is 66.4 Å². The summed E-state index contributed by atoms with van der Waals surface area (Å²) in [5.74, 6) is 1.01. The fourth-order valence-electron chi connectivity index (χ4n) is 5.42. The van der Waals surface area contributed by atoms with Gasteiger partial charge in [0.1, 0.15) is 5.82 Å². The molecule has 4 aromatic rings. The van der Waals surface area contributed by atoms with Crippen LogP contribution in [-0.2, 0) is 20.4 Å². The second kappa shape index (κ2) is 9.04. The van der Waals surface area contributed by atoms with Crippen LogP contribution in [0.4, 0.5) is 11.4 Å². The number of rotatable bonds is 3. The lowest BCUT2D eigenvalue weighted by Crippen LogP contribution is -2.37. The number of likely N-dealkylation sites (N-methyl/N-ethyl adjacent to an activating group) is 1. The molecule has 4 aromatic heterocycles. The average molecular weight is 537 g/mol.